The number of benzene rings is 2. The lowest BCUT2D eigenvalue weighted by molar-refractivity contribution is 0.00671. The van der Waals surface area contributed by atoms with E-state index in [2.05, 4.69) is 15.9 Å². The van der Waals surface area contributed by atoms with Gasteiger partial charge in [-0.3, -0.25) is 4.79 Å². The van der Waals surface area contributed by atoms with Gasteiger partial charge in [-0.05, 0) is 96.5 Å². The van der Waals surface area contributed by atoms with Crippen LogP contribution in [0.5, 0.6) is 5.75 Å². The van der Waals surface area contributed by atoms with Crippen molar-refractivity contribution >= 4 is 33.8 Å². The lowest BCUT2D eigenvalue weighted by atomic mass is 9.96. The van der Waals surface area contributed by atoms with Crippen LogP contribution in [0, 0.1) is 13.8 Å². The standard InChI is InChI=1S/C25H29BrO4/c1-15(2)29-23-17(4)22(24(28)30-25(5,6)7)16(3)14-19(23)10-13-21(27)18-8-11-20(26)12-9-18/h8-15H,1-7H3/b13-10+. The minimum absolute atomic E-state index is 0.0905. The van der Waals surface area contributed by atoms with Gasteiger partial charge in [0.25, 0.3) is 0 Å². The van der Waals surface area contributed by atoms with Gasteiger partial charge in [-0.1, -0.05) is 15.9 Å². The van der Waals surface area contributed by atoms with Crippen LogP contribution in [-0.2, 0) is 4.74 Å². The summed E-state index contributed by atoms with van der Waals surface area (Å²) in [5.74, 6) is 0.0911. The molecule has 160 valence electrons. The van der Waals surface area contributed by atoms with E-state index in [-0.39, 0.29) is 17.9 Å². The van der Waals surface area contributed by atoms with Crippen LogP contribution in [0.15, 0.2) is 40.9 Å². The van der Waals surface area contributed by atoms with Crippen molar-refractivity contribution in [1.82, 2.24) is 0 Å². The highest BCUT2D eigenvalue weighted by molar-refractivity contribution is 9.10. The summed E-state index contributed by atoms with van der Waals surface area (Å²) in [5, 5.41) is 0. The highest BCUT2D eigenvalue weighted by Gasteiger charge is 2.24. The highest BCUT2D eigenvalue weighted by atomic mass is 79.9. The molecule has 0 saturated heterocycles. The van der Waals surface area contributed by atoms with Crippen LogP contribution in [-0.4, -0.2) is 23.5 Å². The molecule has 0 heterocycles. The van der Waals surface area contributed by atoms with E-state index in [1.807, 2.05) is 66.7 Å². The molecule has 5 heteroatoms. The van der Waals surface area contributed by atoms with Gasteiger partial charge >= 0.3 is 5.97 Å². The van der Waals surface area contributed by atoms with E-state index in [0.717, 1.165) is 15.6 Å². The number of carbonyl (C=O) groups is 2. The summed E-state index contributed by atoms with van der Waals surface area (Å²) in [6.45, 7) is 13.1. The topological polar surface area (TPSA) is 52.6 Å². The molecule has 0 N–H and O–H groups in total. The first-order chi connectivity index (χ1) is 13.9. The summed E-state index contributed by atoms with van der Waals surface area (Å²) in [7, 11) is 0. The zero-order valence-electron chi connectivity index (χ0n) is 18.6. The maximum absolute atomic E-state index is 12.8. The fraction of sp³-hybridized carbons (Fsp3) is 0.360. The second-order valence-corrected chi connectivity index (χ2v) is 9.40. The van der Waals surface area contributed by atoms with Crippen molar-refractivity contribution < 1.29 is 19.1 Å². The van der Waals surface area contributed by atoms with Gasteiger partial charge in [0.15, 0.2) is 5.78 Å². The van der Waals surface area contributed by atoms with Crippen molar-refractivity contribution in [2.45, 2.75) is 60.2 Å². The molecule has 0 atom stereocenters. The van der Waals surface area contributed by atoms with Gasteiger partial charge in [-0.2, -0.15) is 0 Å². The second kappa shape index (κ2) is 9.61. The molecule has 0 aliphatic rings. The Hall–Kier alpha value is -2.40. The fourth-order valence-electron chi connectivity index (χ4n) is 3.03. The van der Waals surface area contributed by atoms with E-state index in [4.69, 9.17) is 9.47 Å². The van der Waals surface area contributed by atoms with Crippen LogP contribution < -0.4 is 4.74 Å². The van der Waals surface area contributed by atoms with Gasteiger partial charge in [0.2, 0.25) is 0 Å². The molecule has 0 bridgehead atoms. The number of ether oxygens (including phenoxy) is 2. The van der Waals surface area contributed by atoms with Gasteiger partial charge in [0.05, 0.1) is 11.7 Å². The summed E-state index contributed by atoms with van der Waals surface area (Å²) in [6, 6.07) is 9.06. The number of hydrogen-bond donors (Lipinski definition) is 0. The third-order valence-corrected chi connectivity index (χ3v) is 4.77. The summed E-state index contributed by atoms with van der Waals surface area (Å²) >= 11 is 3.37. The molecule has 0 aliphatic heterocycles. The Morgan fingerprint density at radius 3 is 2.20 bits per heavy atom. The number of halogens is 1. The summed E-state index contributed by atoms with van der Waals surface area (Å²) in [5.41, 5.74) is 2.72. The number of ketones is 1. The molecule has 0 spiro atoms. The molecule has 0 amide bonds. The Morgan fingerprint density at radius 2 is 1.67 bits per heavy atom. The lowest BCUT2D eigenvalue weighted by Crippen LogP contribution is -2.25. The normalized spacial score (nSPS) is 11.8. The van der Waals surface area contributed by atoms with Crippen LogP contribution in [0.3, 0.4) is 0 Å². The average Bonchev–Trinajstić information content (AvgIpc) is 2.61. The number of allylic oxidation sites excluding steroid dienone is 1. The molecule has 0 aromatic heterocycles. The number of aryl methyl sites for hydroxylation is 1. The molecule has 30 heavy (non-hydrogen) atoms. The average molecular weight is 473 g/mol. The van der Waals surface area contributed by atoms with Crippen LogP contribution in [0.4, 0.5) is 0 Å². The predicted molar refractivity (Wildman–Crippen MR) is 124 cm³/mol. The zero-order chi connectivity index (χ0) is 22.6. The number of hydrogen-bond acceptors (Lipinski definition) is 4. The Morgan fingerprint density at radius 1 is 1.07 bits per heavy atom. The van der Waals surface area contributed by atoms with Crippen LogP contribution in [0.1, 0.15) is 72.0 Å². The molecule has 2 rings (SSSR count). The molecule has 0 radical (unpaired) electrons. The van der Waals surface area contributed by atoms with Crippen molar-refractivity contribution in [3.05, 3.63) is 68.7 Å². The van der Waals surface area contributed by atoms with Gasteiger partial charge in [0, 0.05) is 21.2 Å². The van der Waals surface area contributed by atoms with Gasteiger partial charge in [0.1, 0.15) is 11.4 Å². The number of esters is 1. The summed E-state index contributed by atoms with van der Waals surface area (Å²) < 4.78 is 12.5. The van der Waals surface area contributed by atoms with Gasteiger partial charge in [-0.25, -0.2) is 4.79 Å². The third-order valence-electron chi connectivity index (χ3n) is 4.24. The smallest absolute Gasteiger partial charge is 0.339 e. The molecule has 2 aromatic carbocycles. The van der Waals surface area contributed by atoms with Crippen molar-refractivity contribution in [2.75, 3.05) is 0 Å². The van der Waals surface area contributed by atoms with Crippen LogP contribution in [0.2, 0.25) is 0 Å². The maximum atomic E-state index is 12.8. The van der Waals surface area contributed by atoms with Crippen LogP contribution >= 0.6 is 15.9 Å². The second-order valence-electron chi connectivity index (χ2n) is 8.48. The Labute approximate surface area is 187 Å². The number of carbonyl (C=O) groups excluding carboxylic acids is 2. The SMILES string of the molecule is Cc1cc(/C=C/C(=O)c2ccc(Br)cc2)c(OC(C)C)c(C)c1C(=O)OC(C)(C)C. The molecular weight excluding hydrogens is 444 g/mol. The van der Waals surface area contributed by atoms with E-state index < -0.39 is 5.60 Å². The molecule has 0 aliphatic carbocycles. The maximum Gasteiger partial charge on any atom is 0.339 e. The van der Waals surface area contributed by atoms with Crippen molar-refractivity contribution in [1.29, 1.82) is 0 Å². The quantitative estimate of drug-likeness (QED) is 0.266. The van der Waals surface area contributed by atoms with Crippen molar-refractivity contribution in [3.63, 3.8) is 0 Å². The molecule has 4 nitrogen and oxygen atoms in total. The van der Waals surface area contributed by atoms with Crippen LogP contribution in [0.25, 0.3) is 6.08 Å². The molecule has 0 fully saturated rings. The van der Waals surface area contributed by atoms with E-state index in [9.17, 15) is 9.59 Å². The predicted octanol–water partition coefficient (Wildman–Crippen LogP) is 6.70. The minimum atomic E-state index is -0.593. The molecule has 2 aromatic rings. The zero-order valence-corrected chi connectivity index (χ0v) is 20.2. The Kier molecular flexibility index (Phi) is 7.64. The van der Waals surface area contributed by atoms with Crippen molar-refractivity contribution in [2.24, 2.45) is 0 Å². The summed E-state index contributed by atoms with van der Waals surface area (Å²) in [4.78, 5) is 25.3. The molecule has 0 unspecified atom stereocenters. The van der Waals surface area contributed by atoms with Gasteiger partial charge < -0.3 is 9.47 Å². The van der Waals surface area contributed by atoms with E-state index in [1.165, 1.54) is 6.08 Å². The van der Waals surface area contributed by atoms with E-state index in [1.54, 1.807) is 18.2 Å². The first-order valence-electron chi connectivity index (χ1n) is 9.91. The lowest BCUT2D eigenvalue weighted by Gasteiger charge is -2.23. The summed E-state index contributed by atoms with van der Waals surface area (Å²) in [6.07, 6.45) is 3.17. The first-order valence-corrected chi connectivity index (χ1v) is 10.7. The van der Waals surface area contributed by atoms with E-state index >= 15 is 0 Å². The highest BCUT2D eigenvalue weighted by Crippen LogP contribution is 2.33. The van der Waals surface area contributed by atoms with E-state index in [0.29, 0.717) is 22.4 Å². The Bertz CT molecular complexity index is 964. The number of rotatable bonds is 6. The molecule has 0 saturated carbocycles. The monoisotopic (exact) mass is 472 g/mol. The molecular formula is C25H29BrO4. The fourth-order valence-corrected chi connectivity index (χ4v) is 3.30. The van der Waals surface area contributed by atoms with Gasteiger partial charge in [-0.15, -0.1) is 0 Å². The Balaban J connectivity index is 2.47. The largest absolute Gasteiger partial charge is 0.490 e. The van der Waals surface area contributed by atoms with Crippen molar-refractivity contribution in [3.8, 4) is 5.75 Å². The minimum Gasteiger partial charge on any atom is -0.490 e. The third kappa shape index (κ3) is 6.30. The first kappa shape index (κ1) is 23.9.